The third-order valence-corrected chi connectivity index (χ3v) is 2.65. The van der Waals surface area contributed by atoms with Gasteiger partial charge in [-0.25, -0.2) is 4.79 Å². The van der Waals surface area contributed by atoms with Crippen molar-refractivity contribution in [2.45, 2.75) is 38.6 Å². The van der Waals surface area contributed by atoms with Crippen LogP contribution in [0.2, 0.25) is 0 Å². The highest BCUT2D eigenvalue weighted by Crippen LogP contribution is 2.11. The standard InChI is InChI=1S/C13H25NO4/c1-3-5-7-18-13(17)14-12(10-16)8-11(9-15)6-4-2/h4,11-12,15-16H,2-3,5-10H2,1H3,(H,14,17)/t11-,12+/m1/s1. The number of carbonyl (C=O) groups excluding carboxylic acids is 1. The van der Waals surface area contributed by atoms with Gasteiger partial charge in [-0.2, -0.15) is 0 Å². The highest BCUT2D eigenvalue weighted by atomic mass is 16.5. The number of unbranched alkanes of at least 4 members (excludes halogenated alkanes) is 1. The Kier molecular flexibility index (Phi) is 10.4. The molecule has 0 unspecified atom stereocenters. The maximum Gasteiger partial charge on any atom is 0.407 e. The summed E-state index contributed by atoms with van der Waals surface area (Å²) in [5.74, 6) is -0.00408. The number of aliphatic hydroxyl groups excluding tert-OH is 2. The van der Waals surface area contributed by atoms with Gasteiger partial charge >= 0.3 is 6.09 Å². The van der Waals surface area contributed by atoms with Crippen molar-refractivity contribution in [1.29, 1.82) is 0 Å². The van der Waals surface area contributed by atoms with Crippen molar-refractivity contribution in [3.8, 4) is 0 Å². The molecule has 1 amide bonds. The summed E-state index contributed by atoms with van der Waals surface area (Å²) in [5.41, 5.74) is 0. The van der Waals surface area contributed by atoms with Crippen LogP contribution in [0, 0.1) is 5.92 Å². The summed E-state index contributed by atoms with van der Waals surface area (Å²) in [6.45, 7) is 5.84. The summed E-state index contributed by atoms with van der Waals surface area (Å²) in [6, 6.07) is -0.392. The van der Waals surface area contributed by atoms with Gasteiger partial charge in [0.05, 0.1) is 19.3 Å². The summed E-state index contributed by atoms with van der Waals surface area (Å²) in [7, 11) is 0. The van der Waals surface area contributed by atoms with E-state index in [9.17, 15) is 9.90 Å². The minimum Gasteiger partial charge on any atom is -0.450 e. The fraction of sp³-hybridized carbons (Fsp3) is 0.769. The topological polar surface area (TPSA) is 78.8 Å². The van der Waals surface area contributed by atoms with Crippen LogP contribution in [0.5, 0.6) is 0 Å². The summed E-state index contributed by atoms with van der Waals surface area (Å²) < 4.78 is 4.95. The summed E-state index contributed by atoms with van der Waals surface area (Å²) in [4.78, 5) is 11.4. The molecule has 0 aromatic carbocycles. The molecule has 0 aliphatic carbocycles. The van der Waals surface area contributed by atoms with Crippen LogP contribution >= 0.6 is 0 Å². The molecule has 0 rings (SSSR count). The zero-order valence-electron chi connectivity index (χ0n) is 11.1. The second kappa shape index (κ2) is 11.0. The molecule has 0 heterocycles. The first-order valence-corrected chi connectivity index (χ1v) is 6.43. The number of hydrogen-bond acceptors (Lipinski definition) is 4. The van der Waals surface area contributed by atoms with Gasteiger partial charge in [0, 0.05) is 6.61 Å². The van der Waals surface area contributed by atoms with Crippen molar-refractivity contribution in [3.05, 3.63) is 12.7 Å². The highest BCUT2D eigenvalue weighted by Gasteiger charge is 2.17. The van der Waals surface area contributed by atoms with Crippen molar-refractivity contribution in [2.75, 3.05) is 19.8 Å². The van der Waals surface area contributed by atoms with E-state index in [1.807, 2.05) is 6.92 Å². The average Bonchev–Trinajstić information content (AvgIpc) is 2.37. The maximum atomic E-state index is 11.4. The smallest absolute Gasteiger partial charge is 0.407 e. The third-order valence-electron chi connectivity index (χ3n) is 2.65. The van der Waals surface area contributed by atoms with Gasteiger partial charge < -0.3 is 20.3 Å². The molecule has 3 N–H and O–H groups in total. The molecular weight excluding hydrogens is 234 g/mol. The Morgan fingerprint density at radius 3 is 2.67 bits per heavy atom. The molecule has 0 aromatic rings. The molecule has 18 heavy (non-hydrogen) atoms. The quantitative estimate of drug-likeness (QED) is 0.410. The van der Waals surface area contributed by atoms with Gasteiger partial charge in [-0.3, -0.25) is 0 Å². The summed E-state index contributed by atoms with van der Waals surface area (Å²) >= 11 is 0. The van der Waals surface area contributed by atoms with E-state index in [1.54, 1.807) is 6.08 Å². The monoisotopic (exact) mass is 259 g/mol. The number of carbonyl (C=O) groups is 1. The summed E-state index contributed by atoms with van der Waals surface area (Å²) in [5, 5.41) is 20.9. The van der Waals surface area contributed by atoms with Gasteiger partial charge in [-0.1, -0.05) is 19.4 Å². The number of aliphatic hydroxyl groups is 2. The molecule has 106 valence electrons. The number of ether oxygens (including phenoxy) is 1. The van der Waals surface area contributed by atoms with Crippen molar-refractivity contribution >= 4 is 6.09 Å². The van der Waals surface area contributed by atoms with E-state index in [2.05, 4.69) is 11.9 Å². The normalized spacial score (nSPS) is 13.7. The van der Waals surface area contributed by atoms with E-state index in [0.717, 1.165) is 12.8 Å². The second-order valence-electron chi connectivity index (χ2n) is 4.32. The van der Waals surface area contributed by atoms with Crippen LogP contribution in [0.4, 0.5) is 4.79 Å². The van der Waals surface area contributed by atoms with Crippen molar-refractivity contribution in [1.82, 2.24) is 5.32 Å². The molecular formula is C13H25NO4. The lowest BCUT2D eigenvalue weighted by molar-refractivity contribution is 0.125. The molecule has 0 bridgehead atoms. The fourth-order valence-corrected chi connectivity index (χ4v) is 1.58. The molecule has 0 aromatic heterocycles. The SMILES string of the molecule is C=CC[C@@H](CO)C[C@@H](CO)NC(=O)OCCCC. The van der Waals surface area contributed by atoms with E-state index in [-0.39, 0.29) is 19.1 Å². The molecule has 0 spiro atoms. The predicted molar refractivity (Wildman–Crippen MR) is 70.3 cm³/mol. The van der Waals surface area contributed by atoms with E-state index in [0.29, 0.717) is 19.4 Å². The largest absolute Gasteiger partial charge is 0.450 e. The fourth-order valence-electron chi connectivity index (χ4n) is 1.58. The Morgan fingerprint density at radius 1 is 1.44 bits per heavy atom. The lowest BCUT2D eigenvalue weighted by Crippen LogP contribution is -2.39. The molecule has 0 radical (unpaired) electrons. The highest BCUT2D eigenvalue weighted by molar-refractivity contribution is 5.67. The Labute approximate surface area is 109 Å². The van der Waals surface area contributed by atoms with Crippen molar-refractivity contribution in [3.63, 3.8) is 0 Å². The first-order valence-electron chi connectivity index (χ1n) is 6.43. The Hall–Kier alpha value is -1.07. The molecule has 0 aliphatic heterocycles. The van der Waals surface area contributed by atoms with Crippen LogP contribution in [0.3, 0.4) is 0 Å². The molecule has 0 saturated carbocycles. The number of allylic oxidation sites excluding steroid dienone is 1. The number of hydrogen-bond donors (Lipinski definition) is 3. The van der Waals surface area contributed by atoms with Gasteiger partial charge in [0.25, 0.3) is 0 Å². The van der Waals surface area contributed by atoms with Crippen LogP contribution in [0.15, 0.2) is 12.7 Å². The predicted octanol–water partition coefficient (Wildman–Crippen LogP) is 1.45. The molecule has 5 heteroatoms. The van der Waals surface area contributed by atoms with E-state index in [4.69, 9.17) is 9.84 Å². The van der Waals surface area contributed by atoms with E-state index in [1.165, 1.54) is 0 Å². The van der Waals surface area contributed by atoms with Crippen LogP contribution < -0.4 is 5.32 Å². The van der Waals surface area contributed by atoms with Gasteiger partial charge in [0.2, 0.25) is 0 Å². The molecule has 0 fully saturated rings. The number of amides is 1. The Bertz CT molecular complexity index is 233. The third kappa shape index (κ3) is 8.08. The lowest BCUT2D eigenvalue weighted by atomic mass is 9.98. The van der Waals surface area contributed by atoms with Crippen LogP contribution in [-0.4, -0.2) is 42.2 Å². The maximum absolute atomic E-state index is 11.4. The lowest BCUT2D eigenvalue weighted by Gasteiger charge is -2.20. The number of nitrogens with one attached hydrogen (secondary N) is 1. The van der Waals surface area contributed by atoms with Crippen LogP contribution in [0.1, 0.15) is 32.6 Å². The zero-order chi connectivity index (χ0) is 13.8. The van der Waals surface area contributed by atoms with Crippen LogP contribution in [-0.2, 0) is 4.74 Å². The van der Waals surface area contributed by atoms with Crippen molar-refractivity contribution < 1.29 is 19.7 Å². The Balaban J connectivity index is 4.00. The summed E-state index contributed by atoms with van der Waals surface area (Å²) in [6.07, 6.45) is 4.14. The van der Waals surface area contributed by atoms with Crippen molar-refractivity contribution in [2.24, 2.45) is 5.92 Å². The van der Waals surface area contributed by atoms with Crippen LogP contribution in [0.25, 0.3) is 0 Å². The molecule has 0 aliphatic rings. The van der Waals surface area contributed by atoms with E-state index >= 15 is 0 Å². The minimum atomic E-state index is -0.516. The molecule has 0 saturated heterocycles. The minimum absolute atomic E-state index is 0.00408. The Morgan fingerprint density at radius 2 is 2.17 bits per heavy atom. The zero-order valence-corrected chi connectivity index (χ0v) is 11.1. The van der Waals surface area contributed by atoms with Gasteiger partial charge in [-0.05, 0) is 25.2 Å². The first kappa shape index (κ1) is 16.9. The molecule has 5 nitrogen and oxygen atoms in total. The van der Waals surface area contributed by atoms with Gasteiger partial charge in [0.1, 0.15) is 0 Å². The average molecular weight is 259 g/mol. The van der Waals surface area contributed by atoms with E-state index < -0.39 is 12.1 Å². The van der Waals surface area contributed by atoms with Gasteiger partial charge in [-0.15, -0.1) is 6.58 Å². The first-order chi connectivity index (χ1) is 8.67. The van der Waals surface area contributed by atoms with Gasteiger partial charge in [0.15, 0.2) is 0 Å². The second-order valence-corrected chi connectivity index (χ2v) is 4.32. The molecule has 2 atom stereocenters. The number of rotatable bonds is 10. The number of alkyl carbamates (subject to hydrolysis) is 1.